The van der Waals surface area contributed by atoms with Crippen LogP contribution in [0.5, 0.6) is 0 Å². The van der Waals surface area contributed by atoms with Crippen LogP contribution < -0.4 is 10.6 Å². The lowest BCUT2D eigenvalue weighted by atomic mass is 10.5. The third kappa shape index (κ3) is 5.66. The van der Waals surface area contributed by atoms with Crippen molar-refractivity contribution in [2.24, 2.45) is 4.99 Å². The summed E-state index contributed by atoms with van der Waals surface area (Å²) >= 11 is 4.08. The molecule has 23 heavy (non-hydrogen) atoms. The van der Waals surface area contributed by atoms with Gasteiger partial charge >= 0.3 is 6.03 Å². The number of rotatable bonds is 6. The second kappa shape index (κ2) is 9.08. The SMILES string of the molecule is CCN(CC)C(=O)Nc1nnc(SCC(=O)NC2=NCCS2)s1. The van der Waals surface area contributed by atoms with E-state index in [-0.39, 0.29) is 17.7 Å². The second-order valence-corrected chi connectivity index (χ2v) is 7.63. The number of hydrogen-bond donors (Lipinski definition) is 2. The monoisotopic (exact) mass is 374 g/mol. The number of thioether (sulfide) groups is 2. The molecule has 2 rings (SSSR count). The van der Waals surface area contributed by atoms with E-state index in [2.05, 4.69) is 25.8 Å². The minimum Gasteiger partial charge on any atom is -0.325 e. The van der Waals surface area contributed by atoms with Gasteiger partial charge in [-0.25, -0.2) is 4.79 Å². The van der Waals surface area contributed by atoms with Gasteiger partial charge in [0.15, 0.2) is 9.51 Å². The molecule has 0 aromatic carbocycles. The average Bonchev–Trinajstić information content (AvgIpc) is 3.18. The topological polar surface area (TPSA) is 99.6 Å². The smallest absolute Gasteiger partial charge is 0.323 e. The number of nitrogens with zero attached hydrogens (tertiary/aromatic N) is 4. The standard InChI is InChI=1S/C12H18N6O2S3/c1-3-18(4-2)11(20)15-10-16-17-12(23-10)22-7-8(19)14-9-13-5-6-21-9/h3-7H2,1-2H3,(H,13,14,19)(H,15,16,20). The predicted octanol–water partition coefficient (Wildman–Crippen LogP) is 1.72. The zero-order chi connectivity index (χ0) is 16.7. The molecule has 2 N–H and O–H groups in total. The number of amidine groups is 1. The molecule has 3 amide bonds. The van der Waals surface area contributed by atoms with Crippen LogP contribution in [0.1, 0.15) is 13.8 Å². The number of nitrogens with one attached hydrogen (secondary N) is 2. The van der Waals surface area contributed by atoms with Crippen molar-refractivity contribution in [3.8, 4) is 0 Å². The Morgan fingerprint density at radius 1 is 1.26 bits per heavy atom. The average molecular weight is 375 g/mol. The molecular weight excluding hydrogens is 356 g/mol. The Balaban J connectivity index is 1.78. The maximum atomic E-state index is 11.9. The van der Waals surface area contributed by atoms with Crippen LogP contribution in [0, 0.1) is 0 Å². The van der Waals surface area contributed by atoms with Gasteiger partial charge in [-0.3, -0.25) is 15.1 Å². The second-order valence-electron chi connectivity index (χ2n) is 4.35. The number of hydrogen-bond acceptors (Lipinski definition) is 8. The van der Waals surface area contributed by atoms with Crippen LogP contribution in [0.15, 0.2) is 9.33 Å². The van der Waals surface area contributed by atoms with Crippen molar-refractivity contribution in [1.29, 1.82) is 0 Å². The molecule has 0 saturated heterocycles. The van der Waals surface area contributed by atoms with Crippen LogP contribution in [-0.4, -0.2) is 63.3 Å². The van der Waals surface area contributed by atoms with E-state index in [0.717, 1.165) is 12.3 Å². The minimum absolute atomic E-state index is 0.118. The molecule has 11 heteroatoms. The fraction of sp³-hybridized carbons (Fsp3) is 0.583. The van der Waals surface area contributed by atoms with Crippen LogP contribution in [0.2, 0.25) is 0 Å². The Morgan fingerprint density at radius 2 is 2.04 bits per heavy atom. The van der Waals surface area contributed by atoms with Gasteiger partial charge in [-0.15, -0.1) is 10.2 Å². The van der Waals surface area contributed by atoms with E-state index in [1.807, 2.05) is 13.8 Å². The largest absolute Gasteiger partial charge is 0.325 e. The Labute approximate surface area is 146 Å². The molecule has 1 aliphatic rings. The summed E-state index contributed by atoms with van der Waals surface area (Å²) in [6.45, 7) is 5.83. The van der Waals surface area contributed by atoms with Crippen LogP contribution in [-0.2, 0) is 4.79 Å². The molecule has 0 saturated carbocycles. The van der Waals surface area contributed by atoms with Crippen molar-refractivity contribution in [3.05, 3.63) is 0 Å². The van der Waals surface area contributed by atoms with Crippen molar-refractivity contribution >= 4 is 57.1 Å². The highest BCUT2D eigenvalue weighted by Gasteiger charge is 2.15. The van der Waals surface area contributed by atoms with Crippen LogP contribution in [0.25, 0.3) is 0 Å². The summed E-state index contributed by atoms with van der Waals surface area (Å²) in [7, 11) is 0. The van der Waals surface area contributed by atoms with Gasteiger partial charge in [-0.1, -0.05) is 34.9 Å². The molecule has 2 heterocycles. The number of anilines is 1. The first-order valence-electron chi connectivity index (χ1n) is 7.11. The maximum Gasteiger partial charge on any atom is 0.323 e. The highest BCUT2D eigenvalue weighted by Crippen LogP contribution is 2.25. The first kappa shape index (κ1) is 18.0. The van der Waals surface area contributed by atoms with Gasteiger partial charge in [-0.05, 0) is 13.8 Å². The van der Waals surface area contributed by atoms with Crippen LogP contribution >= 0.6 is 34.9 Å². The van der Waals surface area contributed by atoms with Crippen molar-refractivity contribution in [1.82, 2.24) is 20.4 Å². The quantitative estimate of drug-likeness (QED) is 0.581. The van der Waals surface area contributed by atoms with E-state index in [1.165, 1.54) is 23.1 Å². The Hall–Kier alpha value is -1.33. The number of aromatic nitrogens is 2. The molecule has 126 valence electrons. The molecule has 1 aliphatic heterocycles. The van der Waals surface area contributed by atoms with E-state index in [1.54, 1.807) is 16.7 Å². The summed E-state index contributed by atoms with van der Waals surface area (Å²) in [6.07, 6.45) is 0. The van der Waals surface area contributed by atoms with Gasteiger partial charge < -0.3 is 10.2 Å². The maximum absolute atomic E-state index is 11.9. The molecule has 1 aromatic heterocycles. The zero-order valence-corrected chi connectivity index (χ0v) is 15.3. The molecule has 0 unspecified atom stereocenters. The Kier molecular flexibility index (Phi) is 7.12. The number of carbonyl (C=O) groups is 2. The number of urea groups is 1. The first-order chi connectivity index (χ1) is 11.1. The van der Waals surface area contributed by atoms with E-state index < -0.39 is 0 Å². The lowest BCUT2D eigenvalue weighted by molar-refractivity contribution is -0.117. The molecule has 0 aliphatic carbocycles. The number of carbonyl (C=O) groups excluding carboxylic acids is 2. The summed E-state index contributed by atoms with van der Waals surface area (Å²) in [6, 6.07) is -0.197. The van der Waals surface area contributed by atoms with E-state index in [9.17, 15) is 9.59 Å². The molecule has 0 radical (unpaired) electrons. The highest BCUT2D eigenvalue weighted by atomic mass is 32.2. The van der Waals surface area contributed by atoms with Crippen molar-refractivity contribution < 1.29 is 9.59 Å². The van der Waals surface area contributed by atoms with Crippen LogP contribution in [0.3, 0.4) is 0 Å². The normalized spacial score (nSPS) is 13.6. The van der Waals surface area contributed by atoms with Crippen molar-refractivity contribution in [2.75, 3.05) is 36.5 Å². The van der Waals surface area contributed by atoms with Gasteiger partial charge in [-0.2, -0.15) is 0 Å². The van der Waals surface area contributed by atoms with Gasteiger partial charge in [0, 0.05) is 18.8 Å². The molecule has 1 aromatic rings. The molecule has 8 nitrogen and oxygen atoms in total. The zero-order valence-electron chi connectivity index (χ0n) is 12.9. The van der Waals surface area contributed by atoms with E-state index in [4.69, 9.17) is 0 Å². The number of amides is 3. The summed E-state index contributed by atoms with van der Waals surface area (Å²) in [4.78, 5) is 29.5. The van der Waals surface area contributed by atoms with Gasteiger partial charge in [0.05, 0.1) is 12.3 Å². The first-order valence-corrected chi connectivity index (χ1v) is 9.90. The summed E-state index contributed by atoms with van der Waals surface area (Å²) in [5.41, 5.74) is 0. The van der Waals surface area contributed by atoms with Gasteiger partial charge in [0.1, 0.15) is 0 Å². The number of aliphatic imine (C=N–C) groups is 1. The lowest BCUT2D eigenvalue weighted by Gasteiger charge is -2.17. The third-order valence-electron chi connectivity index (χ3n) is 2.83. The molecule has 0 bridgehead atoms. The fourth-order valence-corrected chi connectivity index (χ4v) is 3.98. The predicted molar refractivity (Wildman–Crippen MR) is 95.5 cm³/mol. The third-order valence-corrected chi connectivity index (χ3v) is 5.69. The minimum atomic E-state index is -0.197. The summed E-state index contributed by atoms with van der Waals surface area (Å²) in [5, 5.41) is 14.5. The van der Waals surface area contributed by atoms with E-state index in [0.29, 0.717) is 27.7 Å². The molecule has 0 atom stereocenters. The highest BCUT2D eigenvalue weighted by molar-refractivity contribution is 8.14. The van der Waals surface area contributed by atoms with Crippen molar-refractivity contribution in [3.63, 3.8) is 0 Å². The molecular formula is C12H18N6O2S3. The summed E-state index contributed by atoms with van der Waals surface area (Å²) < 4.78 is 0.635. The Morgan fingerprint density at radius 3 is 2.70 bits per heavy atom. The summed E-state index contributed by atoms with van der Waals surface area (Å²) in [5.74, 6) is 1.03. The molecule has 0 spiro atoms. The molecule has 0 fully saturated rings. The van der Waals surface area contributed by atoms with E-state index >= 15 is 0 Å². The van der Waals surface area contributed by atoms with Crippen LogP contribution in [0.4, 0.5) is 9.93 Å². The van der Waals surface area contributed by atoms with Crippen molar-refractivity contribution in [2.45, 2.75) is 18.2 Å². The van der Waals surface area contributed by atoms with Gasteiger partial charge in [0.2, 0.25) is 11.0 Å². The van der Waals surface area contributed by atoms with Gasteiger partial charge in [0.25, 0.3) is 0 Å². The Bertz CT molecular complexity index is 587. The lowest BCUT2D eigenvalue weighted by Crippen LogP contribution is -2.34. The fourth-order valence-electron chi connectivity index (χ4n) is 1.69.